The second-order valence-corrected chi connectivity index (χ2v) is 9.84. The standard InChI is InChI=1S/C26H32N2O2S/c1-21-16-18-22(19-17-21)11-9-10-20-27-25(23-12-5-3-6-13-23)26(28-31(2,29)30)24-14-7-4-8-15-24/h3-8,12-19,25-28H,9-11,20H2,1-2H3/t25?,26-/m0/s1. The lowest BCUT2D eigenvalue weighted by Gasteiger charge is -2.29. The summed E-state index contributed by atoms with van der Waals surface area (Å²) in [6.45, 7) is 2.91. The van der Waals surface area contributed by atoms with Gasteiger partial charge in [-0.25, -0.2) is 13.1 Å². The number of sulfonamides is 1. The third-order valence-corrected chi connectivity index (χ3v) is 6.05. The van der Waals surface area contributed by atoms with Gasteiger partial charge in [0.1, 0.15) is 0 Å². The lowest BCUT2D eigenvalue weighted by molar-refractivity contribution is 0.418. The van der Waals surface area contributed by atoms with Crippen molar-refractivity contribution in [3.05, 3.63) is 107 Å². The van der Waals surface area contributed by atoms with Gasteiger partial charge in [0, 0.05) is 0 Å². The highest BCUT2D eigenvalue weighted by Crippen LogP contribution is 2.29. The summed E-state index contributed by atoms with van der Waals surface area (Å²) in [5.41, 5.74) is 4.63. The molecule has 3 rings (SSSR count). The average molecular weight is 437 g/mol. The first-order chi connectivity index (χ1) is 14.9. The Labute approximate surface area is 186 Å². The second kappa shape index (κ2) is 11.2. The minimum absolute atomic E-state index is 0.169. The maximum Gasteiger partial charge on any atom is 0.209 e. The topological polar surface area (TPSA) is 58.2 Å². The van der Waals surface area contributed by atoms with Crippen molar-refractivity contribution in [3.8, 4) is 0 Å². The number of unbranched alkanes of at least 4 members (excludes halogenated alkanes) is 1. The number of aryl methyl sites for hydroxylation is 2. The molecular weight excluding hydrogens is 404 g/mol. The molecule has 0 aliphatic heterocycles. The summed E-state index contributed by atoms with van der Waals surface area (Å²) in [4.78, 5) is 0. The van der Waals surface area contributed by atoms with Crippen molar-refractivity contribution in [2.45, 2.75) is 38.3 Å². The van der Waals surface area contributed by atoms with E-state index in [2.05, 4.69) is 41.2 Å². The summed E-state index contributed by atoms with van der Waals surface area (Å²) in [5.74, 6) is 0. The molecule has 164 valence electrons. The highest BCUT2D eigenvalue weighted by molar-refractivity contribution is 7.88. The molecule has 0 spiro atoms. The Balaban J connectivity index is 1.71. The zero-order valence-electron chi connectivity index (χ0n) is 18.3. The predicted octanol–water partition coefficient (Wildman–Crippen LogP) is 4.94. The van der Waals surface area contributed by atoms with E-state index in [0.717, 1.165) is 36.9 Å². The minimum Gasteiger partial charge on any atom is -0.308 e. The molecule has 1 unspecified atom stereocenters. The Kier molecular flexibility index (Phi) is 8.41. The van der Waals surface area contributed by atoms with E-state index in [4.69, 9.17) is 0 Å². The minimum atomic E-state index is -3.39. The number of hydrogen-bond acceptors (Lipinski definition) is 3. The van der Waals surface area contributed by atoms with E-state index in [0.29, 0.717) is 0 Å². The number of benzene rings is 3. The fourth-order valence-corrected chi connectivity index (χ4v) is 4.51. The number of rotatable bonds is 11. The monoisotopic (exact) mass is 436 g/mol. The molecule has 0 aliphatic rings. The molecule has 0 saturated heterocycles. The molecule has 0 amide bonds. The third-order valence-electron chi connectivity index (χ3n) is 5.37. The fourth-order valence-electron chi connectivity index (χ4n) is 3.77. The molecule has 3 aromatic carbocycles. The Morgan fingerprint density at radius 1 is 0.742 bits per heavy atom. The largest absolute Gasteiger partial charge is 0.308 e. The van der Waals surface area contributed by atoms with Gasteiger partial charge in [0.2, 0.25) is 10.0 Å². The van der Waals surface area contributed by atoms with Gasteiger partial charge in [0.15, 0.2) is 0 Å². The Bertz CT molecular complexity index is 1020. The molecule has 0 saturated carbocycles. The summed E-state index contributed by atoms with van der Waals surface area (Å²) in [7, 11) is -3.39. The highest BCUT2D eigenvalue weighted by Gasteiger charge is 2.27. The molecular formula is C26H32N2O2S. The average Bonchev–Trinajstić information content (AvgIpc) is 2.77. The molecule has 0 aliphatic carbocycles. The van der Waals surface area contributed by atoms with Gasteiger partial charge in [-0.15, -0.1) is 0 Å². The van der Waals surface area contributed by atoms with Gasteiger partial charge in [0.25, 0.3) is 0 Å². The third kappa shape index (κ3) is 7.62. The van der Waals surface area contributed by atoms with Crippen molar-refractivity contribution >= 4 is 10.0 Å². The first-order valence-corrected chi connectivity index (χ1v) is 12.7. The summed E-state index contributed by atoms with van der Waals surface area (Å²) < 4.78 is 27.2. The van der Waals surface area contributed by atoms with Gasteiger partial charge < -0.3 is 5.32 Å². The van der Waals surface area contributed by atoms with Crippen LogP contribution in [0.2, 0.25) is 0 Å². The Hall–Kier alpha value is -2.47. The van der Waals surface area contributed by atoms with Gasteiger partial charge in [-0.2, -0.15) is 0 Å². The van der Waals surface area contributed by atoms with Crippen LogP contribution >= 0.6 is 0 Å². The lowest BCUT2D eigenvalue weighted by atomic mass is 9.94. The zero-order valence-corrected chi connectivity index (χ0v) is 19.1. The molecule has 2 atom stereocenters. The molecule has 0 heterocycles. The van der Waals surface area contributed by atoms with Gasteiger partial charge in [0.05, 0.1) is 18.3 Å². The lowest BCUT2D eigenvalue weighted by Crippen LogP contribution is -2.38. The molecule has 0 aromatic heterocycles. The molecule has 0 bridgehead atoms. The van der Waals surface area contributed by atoms with Crippen LogP contribution in [0.15, 0.2) is 84.9 Å². The van der Waals surface area contributed by atoms with Crippen LogP contribution in [0.4, 0.5) is 0 Å². The predicted molar refractivity (Wildman–Crippen MR) is 128 cm³/mol. The summed E-state index contributed by atoms with van der Waals surface area (Å²) in [6.07, 6.45) is 4.35. The van der Waals surface area contributed by atoms with Crippen molar-refractivity contribution < 1.29 is 8.42 Å². The number of nitrogens with one attached hydrogen (secondary N) is 2. The highest BCUT2D eigenvalue weighted by atomic mass is 32.2. The van der Waals surface area contributed by atoms with E-state index < -0.39 is 16.1 Å². The summed E-state index contributed by atoms with van der Waals surface area (Å²) in [6, 6.07) is 27.9. The Morgan fingerprint density at radius 2 is 1.29 bits per heavy atom. The molecule has 3 aromatic rings. The van der Waals surface area contributed by atoms with Crippen LogP contribution in [0.5, 0.6) is 0 Å². The van der Waals surface area contributed by atoms with E-state index in [1.54, 1.807) is 0 Å². The van der Waals surface area contributed by atoms with E-state index in [1.807, 2.05) is 60.7 Å². The van der Waals surface area contributed by atoms with Crippen molar-refractivity contribution in [3.63, 3.8) is 0 Å². The molecule has 31 heavy (non-hydrogen) atoms. The molecule has 0 fully saturated rings. The Morgan fingerprint density at radius 3 is 1.84 bits per heavy atom. The smallest absolute Gasteiger partial charge is 0.209 e. The van der Waals surface area contributed by atoms with Crippen LogP contribution in [0.1, 0.15) is 47.2 Å². The van der Waals surface area contributed by atoms with E-state index in [1.165, 1.54) is 17.4 Å². The SMILES string of the molecule is Cc1ccc(CCCCNC(c2ccccc2)[C@@H](NS(C)(=O)=O)c2ccccc2)cc1. The van der Waals surface area contributed by atoms with Crippen LogP contribution < -0.4 is 10.0 Å². The van der Waals surface area contributed by atoms with E-state index in [9.17, 15) is 8.42 Å². The van der Waals surface area contributed by atoms with E-state index in [-0.39, 0.29) is 6.04 Å². The summed E-state index contributed by atoms with van der Waals surface area (Å²) in [5, 5.41) is 3.63. The zero-order chi connectivity index (χ0) is 22.1. The van der Waals surface area contributed by atoms with Crippen LogP contribution in [0, 0.1) is 6.92 Å². The fraction of sp³-hybridized carbons (Fsp3) is 0.308. The van der Waals surface area contributed by atoms with Crippen molar-refractivity contribution in [1.82, 2.24) is 10.0 Å². The molecule has 5 heteroatoms. The quantitative estimate of drug-likeness (QED) is 0.419. The molecule has 2 N–H and O–H groups in total. The summed E-state index contributed by atoms with van der Waals surface area (Å²) >= 11 is 0. The van der Waals surface area contributed by atoms with Gasteiger partial charge >= 0.3 is 0 Å². The van der Waals surface area contributed by atoms with Crippen LogP contribution in [0.3, 0.4) is 0 Å². The van der Waals surface area contributed by atoms with Crippen LogP contribution in [-0.2, 0) is 16.4 Å². The van der Waals surface area contributed by atoms with Crippen LogP contribution in [0.25, 0.3) is 0 Å². The van der Waals surface area contributed by atoms with Crippen molar-refractivity contribution in [2.75, 3.05) is 12.8 Å². The first-order valence-electron chi connectivity index (χ1n) is 10.8. The van der Waals surface area contributed by atoms with E-state index >= 15 is 0 Å². The maximum absolute atomic E-state index is 12.2. The normalized spacial score (nSPS) is 13.6. The van der Waals surface area contributed by atoms with Gasteiger partial charge in [-0.1, -0.05) is 90.5 Å². The van der Waals surface area contributed by atoms with Crippen molar-refractivity contribution in [1.29, 1.82) is 0 Å². The molecule has 0 radical (unpaired) electrons. The first kappa shape index (κ1) is 23.2. The van der Waals surface area contributed by atoms with Crippen LogP contribution in [-0.4, -0.2) is 21.2 Å². The second-order valence-electron chi connectivity index (χ2n) is 8.06. The van der Waals surface area contributed by atoms with Gasteiger partial charge in [-0.05, 0) is 49.4 Å². The maximum atomic E-state index is 12.2. The molecule has 4 nitrogen and oxygen atoms in total. The van der Waals surface area contributed by atoms with Gasteiger partial charge in [-0.3, -0.25) is 0 Å². The number of hydrogen-bond donors (Lipinski definition) is 2. The van der Waals surface area contributed by atoms with Crippen molar-refractivity contribution in [2.24, 2.45) is 0 Å².